The molecule has 0 N–H and O–H groups in total. The van der Waals surface area contributed by atoms with Crippen LogP contribution >= 0.6 is 0 Å². The normalized spacial score (nSPS) is 11.7. The van der Waals surface area contributed by atoms with Crippen LogP contribution in [-0.4, -0.2) is 23.4 Å². The third kappa shape index (κ3) is 4.11. The van der Waals surface area contributed by atoms with Gasteiger partial charge in [0, 0.05) is 12.1 Å². The molecule has 0 spiro atoms. The van der Waals surface area contributed by atoms with Crippen molar-refractivity contribution in [3.05, 3.63) is 46.6 Å². The Labute approximate surface area is 122 Å². The van der Waals surface area contributed by atoms with Crippen molar-refractivity contribution in [3.63, 3.8) is 0 Å². The molecule has 1 heterocycles. The van der Waals surface area contributed by atoms with Crippen LogP contribution in [0, 0.1) is 10.1 Å². The van der Waals surface area contributed by atoms with E-state index in [9.17, 15) is 23.3 Å². The molecule has 120 valence electrons. The minimum absolute atomic E-state index is 0.144. The third-order valence-electron chi connectivity index (χ3n) is 2.46. The van der Waals surface area contributed by atoms with Gasteiger partial charge in [-0.2, -0.15) is 17.7 Å². The van der Waals surface area contributed by atoms with Crippen molar-refractivity contribution in [2.45, 2.75) is 5.51 Å². The largest absolute Gasteiger partial charge is 0.741 e. The number of halogens is 3. The predicted molar refractivity (Wildman–Crippen MR) is 67.5 cm³/mol. The first kappa shape index (κ1) is 17.8. The molecule has 0 fully saturated rings. The summed E-state index contributed by atoms with van der Waals surface area (Å²) in [4.78, 5) is 10.4. The van der Waals surface area contributed by atoms with E-state index in [1.165, 1.54) is 6.07 Å². The molecule has 0 aliphatic heterocycles. The zero-order chi connectivity index (χ0) is 17.1. The Hall–Kier alpha value is -2.27. The number of nitro benzene ring substituents is 1. The Bertz CT molecular complexity index is 800. The number of benzene rings is 1. The molecule has 0 aliphatic carbocycles. The summed E-state index contributed by atoms with van der Waals surface area (Å²) in [5.41, 5.74) is -4.85. The molecule has 0 radical (unpaired) electrons. The molecule has 0 unspecified atom stereocenters. The average Bonchev–Trinajstić information content (AvgIpc) is 2.36. The van der Waals surface area contributed by atoms with Crippen LogP contribution in [0.1, 0.15) is 0 Å². The van der Waals surface area contributed by atoms with Crippen LogP contribution in [0.5, 0.6) is 0 Å². The maximum absolute atomic E-state index is 10.8. The van der Waals surface area contributed by atoms with Crippen LogP contribution in [0.4, 0.5) is 18.9 Å². The topological polar surface area (TPSA) is 104 Å². The molecular weight excluding hydrogens is 329 g/mol. The first-order valence-electron chi connectivity index (χ1n) is 5.49. The van der Waals surface area contributed by atoms with Crippen LogP contribution < -0.4 is 4.57 Å². The molecule has 2 rings (SSSR count). The predicted octanol–water partition coefficient (Wildman–Crippen LogP) is 1.62. The molecule has 2 aromatic rings. The summed E-state index contributed by atoms with van der Waals surface area (Å²) in [5.74, 6) is 0. The van der Waals surface area contributed by atoms with E-state index >= 15 is 0 Å². The van der Waals surface area contributed by atoms with Crippen LogP contribution in [0.15, 0.2) is 36.5 Å². The monoisotopic (exact) mass is 338 g/mol. The highest BCUT2D eigenvalue weighted by Gasteiger charge is 2.36. The summed E-state index contributed by atoms with van der Waals surface area (Å²) in [6.45, 7) is 0. The lowest BCUT2D eigenvalue weighted by molar-refractivity contribution is -0.646. The molecule has 0 atom stereocenters. The Kier molecular flexibility index (Phi) is 5.04. The van der Waals surface area contributed by atoms with Crippen molar-refractivity contribution in [2.75, 3.05) is 0 Å². The van der Waals surface area contributed by atoms with Gasteiger partial charge in [-0.15, -0.1) is 0 Å². The molecular formula is C11H9F3N2O5S. The van der Waals surface area contributed by atoms with Crippen molar-refractivity contribution in [2.24, 2.45) is 7.05 Å². The van der Waals surface area contributed by atoms with Crippen molar-refractivity contribution in [1.29, 1.82) is 0 Å². The highest BCUT2D eigenvalue weighted by Crippen LogP contribution is 2.21. The Balaban J connectivity index is 0.000000261. The van der Waals surface area contributed by atoms with Gasteiger partial charge in [0.25, 0.3) is 5.52 Å². The van der Waals surface area contributed by atoms with Gasteiger partial charge in [-0.05, 0) is 12.1 Å². The smallest absolute Gasteiger partial charge is 0.485 e. The SMILES string of the molecule is C[n+]1cccc2cccc([N+](=O)[O-])c21.O=S(=O)([O-])C(F)(F)F. The average molecular weight is 338 g/mol. The first-order chi connectivity index (χ1) is 9.95. The highest BCUT2D eigenvalue weighted by molar-refractivity contribution is 7.86. The molecule has 0 aliphatic rings. The number of alkyl halides is 3. The standard InChI is InChI=1S/C10H9N2O2.CHF3O3S/c1-11-7-3-5-8-4-2-6-9(10(8)11)12(13)14;2-1(3,4)8(5,6)7/h2-7H,1H3;(H,5,6,7)/q+1;/p-1. The van der Waals surface area contributed by atoms with Gasteiger partial charge in [0.15, 0.2) is 16.3 Å². The third-order valence-corrected chi connectivity index (χ3v) is 3.03. The van der Waals surface area contributed by atoms with Crippen LogP contribution in [0.2, 0.25) is 0 Å². The molecule has 0 bridgehead atoms. The van der Waals surface area contributed by atoms with E-state index in [1.54, 1.807) is 23.9 Å². The summed E-state index contributed by atoms with van der Waals surface area (Å²) in [6, 6.07) is 8.81. The van der Waals surface area contributed by atoms with Gasteiger partial charge in [-0.1, -0.05) is 6.07 Å². The van der Waals surface area contributed by atoms with E-state index in [4.69, 9.17) is 13.0 Å². The number of non-ortho nitro benzene ring substituents is 1. The lowest BCUT2D eigenvalue weighted by Crippen LogP contribution is -2.28. The number of aryl methyl sites for hydroxylation is 1. The quantitative estimate of drug-likeness (QED) is 0.258. The zero-order valence-electron chi connectivity index (χ0n) is 10.9. The number of aromatic nitrogens is 1. The number of hydrogen-bond donors (Lipinski definition) is 0. The van der Waals surface area contributed by atoms with Crippen molar-refractivity contribution >= 4 is 26.7 Å². The molecule has 1 aromatic heterocycles. The van der Waals surface area contributed by atoms with Gasteiger partial charge < -0.3 is 4.55 Å². The fraction of sp³-hybridized carbons (Fsp3) is 0.182. The fourth-order valence-corrected chi connectivity index (χ4v) is 1.57. The van der Waals surface area contributed by atoms with E-state index in [-0.39, 0.29) is 10.6 Å². The van der Waals surface area contributed by atoms with Gasteiger partial charge in [-0.25, -0.2) is 8.42 Å². The molecule has 0 saturated heterocycles. The molecule has 11 heteroatoms. The fourth-order valence-electron chi connectivity index (χ4n) is 1.57. The molecule has 22 heavy (non-hydrogen) atoms. The zero-order valence-corrected chi connectivity index (χ0v) is 11.8. The maximum Gasteiger partial charge on any atom is 0.485 e. The highest BCUT2D eigenvalue weighted by atomic mass is 32.2. The number of fused-ring (bicyclic) bond motifs is 1. The van der Waals surface area contributed by atoms with Crippen molar-refractivity contribution in [3.8, 4) is 0 Å². The maximum atomic E-state index is 10.8. The van der Waals surface area contributed by atoms with Gasteiger partial charge in [0.1, 0.15) is 7.05 Å². The second-order valence-corrected chi connectivity index (χ2v) is 5.36. The summed E-state index contributed by atoms with van der Waals surface area (Å²) >= 11 is 0. The lowest BCUT2D eigenvalue weighted by atomic mass is 10.2. The van der Waals surface area contributed by atoms with Gasteiger partial charge >= 0.3 is 11.2 Å². The number of nitrogens with zero attached hydrogens (tertiary/aromatic N) is 2. The Morgan fingerprint density at radius 2 is 1.68 bits per heavy atom. The summed E-state index contributed by atoms with van der Waals surface area (Å²) in [5, 5.41) is 11.6. The van der Waals surface area contributed by atoms with Crippen LogP contribution in [0.3, 0.4) is 0 Å². The van der Waals surface area contributed by atoms with E-state index in [0.717, 1.165) is 5.39 Å². The van der Waals surface area contributed by atoms with E-state index in [1.807, 2.05) is 18.2 Å². The van der Waals surface area contributed by atoms with Crippen LogP contribution in [0.25, 0.3) is 10.9 Å². The second-order valence-electron chi connectivity index (χ2n) is 3.99. The molecule has 1 aromatic carbocycles. The summed E-state index contributed by atoms with van der Waals surface area (Å²) in [6.07, 6.45) is 1.80. The summed E-state index contributed by atoms with van der Waals surface area (Å²) in [7, 11) is -4.29. The van der Waals surface area contributed by atoms with Gasteiger partial charge in [0.2, 0.25) is 0 Å². The number of para-hydroxylation sites is 1. The summed E-state index contributed by atoms with van der Waals surface area (Å²) < 4.78 is 60.7. The first-order valence-corrected chi connectivity index (χ1v) is 6.90. The minimum Gasteiger partial charge on any atom is -0.741 e. The Morgan fingerprint density at radius 1 is 1.18 bits per heavy atom. The molecule has 0 saturated carbocycles. The second kappa shape index (κ2) is 6.23. The van der Waals surface area contributed by atoms with Gasteiger partial charge in [0.05, 0.1) is 10.3 Å². The van der Waals surface area contributed by atoms with E-state index in [0.29, 0.717) is 5.52 Å². The number of rotatable bonds is 1. The lowest BCUT2D eigenvalue weighted by Gasteiger charge is -2.08. The Morgan fingerprint density at radius 3 is 2.14 bits per heavy atom. The number of pyridine rings is 1. The van der Waals surface area contributed by atoms with Crippen molar-refractivity contribution < 1.29 is 35.6 Å². The van der Waals surface area contributed by atoms with E-state index < -0.39 is 15.6 Å². The van der Waals surface area contributed by atoms with Crippen LogP contribution in [-0.2, 0) is 17.2 Å². The number of hydrogen-bond acceptors (Lipinski definition) is 5. The van der Waals surface area contributed by atoms with Crippen molar-refractivity contribution in [1.82, 2.24) is 0 Å². The molecule has 7 nitrogen and oxygen atoms in total. The van der Waals surface area contributed by atoms with Gasteiger partial charge in [-0.3, -0.25) is 10.1 Å². The molecule has 0 amide bonds. The number of nitro groups is 1. The minimum atomic E-state index is -6.09. The van der Waals surface area contributed by atoms with E-state index in [2.05, 4.69) is 0 Å².